The first kappa shape index (κ1) is 16.7. The highest BCUT2D eigenvalue weighted by Gasteiger charge is 2.18. The minimum absolute atomic E-state index is 0.0787. The Bertz CT molecular complexity index is 1150. The number of aromatic amines is 2. The second-order valence-electron chi connectivity index (χ2n) is 5.41. The van der Waals surface area contributed by atoms with Gasteiger partial charge in [0.25, 0.3) is 11.1 Å². The van der Waals surface area contributed by atoms with Gasteiger partial charge in [0.05, 0.1) is 6.10 Å². The van der Waals surface area contributed by atoms with Crippen LogP contribution in [-0.4, -0.2) is 24.6 Å². The molecule has 2 heterocycles. The van der Waals surface area contributed by atoms with Gasteiger partial charge in [-0.15, -0.1) is 0 Å². The number of hydrogen-bond donors (Lipinski definition) is 3. The van der Waals surface area contributed by atoms with Gasteiger partial charge in [0.15, 0.2) is 5.52 Å². The molecule has 130 valence electrons. The lowest BCUT2D eigenvalue weighted by atomic mass is 10.0. The fourth-order valence-corrected chi connectivity index (χ4v) is 2.42. The summed E-state index contributed by atoms with van der Waals surface area (Å²) in [6, 6.07) is 2.64. The van der Waals surface area contributed by atoms with Gasteiger partial charge in [0.2, 0.25) is 0 Å². The third-order valence-electron chi connectivity index (χ3n) is 3.75. The topological polar surface area (TPSA) is 121 Å². The van der Waals surface area contributed by atoms with Crippen molar-refractivity contribution in [2.75, 3.05) is 0 Å². The summed E-state index contributed by atoms with van der Waals surface area (Å²) >= 11 is 0. The van der Waals surface area contributed by atoms with E-state index in [4.69, 9.17) is 0 Å². The van der Waals surface area contributed by atoms with E-state index in [1.165, 1.54) is 7.05 Å². The average molecular weight is 350 g/mol. The van der Waals surface area contributed by atoms with Crippen LogP contribution in [0.15, 0.2) is 32.6 Å². The van der Waals surface area contributed by atoms with Crippen LogP contribution in [-0.2, 0) is 13.5 Å². The van der Waals surface area contributed by atoms with Crippen molar-refractivity contribution in [1.82, 2.24) is 19.5 Å². The number of nitrogens with zero attached hydrogens (tertiary/aromatic N) is 2. The van der Waals surface area contributed by atoms with Crippen molar-refractivity contribution in [3.8, 4) is 0 Å². The van der Waals surface area contributed by atoms with Gasteiger partial charge in [-0.3, -0.25) is 19.1 Å². The number of rotatable bonds is 3. The quantitative estimate of drug-likeness (QED) is 0.607. The Balaban J connectivity index is 2.07. The molecule has 0 radical (unpaired) electrons. The summed E-state index contributed by atoms with van der Waals surface area (Å²) in [5, 5.41) is 10.1. The number of nitrogens with one attached hydrogen (secondary N) is 2. The maximum absolute atomic E-state index is 13.7. The smallest absolute Gasteiger partial charge is 0.329 e. The first-order chi connectivity index (χ1) is 11.8. The summed E-state index contributed by atoms with van der Waals surface area (Å²) in [4.78, 5) is 43.7. The first-order valence-corrected chi connectivity index (χ1v) is 7.13. The summed E-state index contributed by atoms with van der Waals surface area (Å²) in [7, 11) is 1.33. The second-order valence-corrected chi connectivity index (χ2v) is 5.41. The molecule has 8 nitrogen and oxygen atoms in total. The summed E-state index contributed by atoms with van der Waals surface area (Å²) in [6.07, 6.45) is -1.88. The Labute approximate surface area is 137 Å². The zero-order valence-electron chi connectivity index (χ0n) is 12.8. The molecule has 10 heteroatoms. The SMILES string of the molecule is Cn1c(=O)[nH]c(=O)c2nc(C[C@@H](O)c3ccc(F)cc3F)c(=O)[nH]c21. The molecule has 1 aromatic carbocycles. The lowest BCUT2D eigenvalue weighted by molar-refractivity contribution is 0.172. The fourth-order valence-electron chi connectivity index (χ4n) is 2.42. The Morgan fingerprint density at radius 2 is 1.92 bits per heavy atom. The van der Waals surface area contributed by atoms with Gasteiger partial charge in [-0.2, -0.15) is 0 Å². The molecule has 0 bridgehead atoms. The molecule has 2 aromatic heterocycles. The van der Waals surface area contributed by atoms with Crippen molar-refractivity contribution in [2.24, 2.45) is 7.05 Å². The fraction of sp³-hybridized carbons (Fsp3) is 0.200. The third-order valence-corrected chi connectivity index (χ3v) is 3.75. The zero-order chi connectivity index (χ0) is 18.3. The van der Waals surface area contributed by atoms with Gasteiger partial charge in [-0.1, -0.05) is 6.07 Å². The minimum Gasteiger partial charge on any atom is -0.388 e. The number of benzene rings is 1. The van der Waals surface area contributed by atoms with E-state index in [1.54, 1.807) is 0 Å². The first-order valence-electron chi connectivity index (χ1n) is 7.13. The van der Waals surface area contributed by atoms with E-state index < -0.39 is 41.0 Å². The molecular weight excluding hydrogens is 338 g/mol. The standard InChI is InChI=1S/C15H12F2N4O4/c1-21-12-11(14(24)20-15(21)25)18-9(13(23)19-12)5-10(22)7-3-2-6(16)4-8(7)17/h2-4,10,22H,5H2,1H3,(H,19,23)(H,20,24,25)/t10-/m1/s1. The number of hydrogen-bond acceptors (Lipinski definition) is 5. The molecule has 3 rings (SSSR count). The molecule has 25 heavy (non-hydrogen) atoms. The largest absolute Gasteiger partial charge is 0.388 e. The van der Waals surface area contributed by atoms with Gasteiger partial charge < -0.3 is 10.1 Å². The van der Waals surface area contributed by atoms with Gasteiger partial charge in [-0.05, 0) is 6.07 Å². The van der Waals surface area contributed by atoms with E-state index in [0.29, 0.717) is 6.07 Å². The van der Waals surface area contributed by atoms with Crippen LogP contribution in [0.5, 0.6) is 0 Å². The Morgan fingerprint density at radius 1 is 1.20 bits per heavy atom. The zero-order valence-corrected chi connectivity index (χ0v) is 12.8. The predicted octanol–water partition coefficient (Wildman–Crippen LogP) is -0.136. The number of aryl methyl sites for hydroxylation is 1. The van der Waals surface area contributed by atoms with Crippen LogP contribution >= 0.6 is 0 Å². The number of H-pyrrole nitrogens is 2. The summed E-state index contributed by atoms with van der Waals surface area (Å²) in [6.45, 7) is 0. The van der Waals surface area contributed by atoms with Crippen LogP contribution in [0.3, 0.4) is 0 Å². The number of halogens is 2. The number of fused-ring (bicyclic) bond motifs is 1. The van der Waals surface area contributed by atoms with E-state index in [9.17, 15) is 28.3 Å². The summed E-state index contributed by atoms with van der Waals surface area (Å²) < 4.78 is 27.7. The van der Waals surface area contributed by atoms with Crippen molar-refractivity contribution in [3.63, 3.8) is 0 Å². The minimum atomic E-state index is -1.47. The van der Waals surface area contributed by atoms with Crippen molar-refractivity contribution in [3.05, 3.63) is 72.3 Å². The highest BCUT2D eigenvalue weighted by Crippen LogP contribution is 2.20. The van der Waals surface area contributed by atoms with E-state index in [2.05, 4.69) is 9.97 Å². The Hall–Kier alpha value is -3.14. The second kappa shape index (κ2) is 6.06. The van der Waals surface area contributed by atoms with Crippen LogP contribution in [0, 0.1) is 11.6 Å². The molecule has 0 aliphatic carbocycles. The normalized spacial score (nSPS) is 12.5. The molecule has 1 atom stereocenters. The average Bonchev–Trinajstić information content (AvgIpc) is 2.54. The van der Waals surface area contributed by atoms with Crippen molar-refractivity contribution in [2.45, 2.75) is 12.5 Å². The van der Waals surface area contributed by atoms with Crippen molar-refractivity contribution < 1.29 is 13.9 Å². The van der Waals surface area contributed by atoms with E-state index in [-0.39, 0.29) is 22.4 Å². The lowest BCUT2D eigenvalue weighted by Gasteiger charge is -2.12. The Morgan fingerprint density at radius 3 is 2.60 bits per heavy atom. The molecule has 0 fully saturated rings. The van der Waals surface area contributed by atoms with Crippen molar-refractivity contribution in [1.29, 1.82) is 0 Å². The van der Waals surface area contributed by atoms with Crippen LogP contribution in [0.2, 0.25) is 0 Å². The molecule has 0 aliphatic heterocycles. The van der Waals surface area contributed by atoms with Crippen molar-refractivity contribution >= 4 is 11.2 Å². The van der Waals surface area contributed by atoms with Gasteiger partial charge in [0.1, 0.15) is 23.0 Å². The molecule has 0 unspecified atom stereocenters. The number of aliphatic hydroxyl groups is 1. The Kier molecular flexibility index (Phi) is 4.05. The summed E-state index contributed by atoms with van der Waals surface area (Å²) in [5.41, 5.74) is -3.00. The summed E-state index contributed by atoms with van der Waals surface area (Å²) in [5.74, 6) is -1.77. The van der Waals surface area contributed by atoms with Crippen LogP contribution in [0.25, 0.3) is 11.2 Å². The van der Waals surface area contributed by atoms with E-state index in [1.807, 2.05) is 4.98 Å². The maximum atomic E-state index is 13.7. The molecule has 0 saturated carbocycles. The van der Waals surface area contributed by atoms with E-state index >= 15 is 0 Å². The monoisotopic (exact) mass is 350 g/mol. The maximum Gasteiger partial charge on any atom is 0.329 e. The van der Waals surface area contributed by atoms with E-state index in [0.717, 1.165) is 16.7 Å². The van der Waals surface area contributed by atoms with Gasteiger partial charge >= 0.3 is 5.69 Å². The molecule has 0 amide bonds. The molecule has 0 aliphatic rings. The molecular formula is C15H12F2N4O4. The van der Waals surface area contributed by atoms with Crippen LogP contribution in [0.1, 0.15) is 17.4 Å². The highest BCUT2D eigenvalue weighted by molar-refractivity contribution is 5.68. The number of aliphatic hydroxyl groups excluding tert-OH is 1. The third kappa shape index (κ3) is 2.98. The van der Waals surface area contributed by atoms with Gasteiger partial charge in [-0.25, -0.2) is 18.6 Å². The lowest BCUT2D eigenvalue weighted by Crippen LogP contribution is -2.32. The van der Waals surface area contributed by atoms with Crippen LogP contribution in [0.4, 0.5) is 8.78 Å². The molecule has 0 spiro atoms. The van der Waals surface area contributed by atoms with Gasteiger partial charge in [0, 0.05) is 25.1 Å². The molecule has 3 N–H and O–H groups in total. The number of aromatic nitrogens is 4. The molecule has 3 aromatic rings. The highest BCUT2D eigenvalue weighted by atomic mass is 19.1. The van der Waals surface area contributed by atoms with Crippen LogP contribution < -0.4 is 16.8 Å². The predicted molar refractivity (Wildman–Crippen MR) is 83.2 cm³/mol. The molecule has 0 saturated heterocycles.